The lowest BCUT2D eigenvalue weighted by Gasteiger charge is -2.34. The highest BCUT2D eigenvalue weighted by Gasteiger charge is 2.27. The van der Waals surface area contributed by atoms with E-state index in [1.54, 1.807) is 6.20 Å². The summed E-state index contributed by atoms with van der Waals surface area (Å²) in [6, 6.07) is 5.85. The monoisotopic (exact) mass is 439 g/mol. The van der Waals surface area contributed by atoms with Crippen LogP contribution in [-0.4, -0.2) is 69.4 Å². The molecule has 0 bridgehead atoms. The molecule has 1 saturated heterocycles. The fraction of sp³-hybridized carbons (Fsp3) is 0.333. The summed E-state index contributed by atoms with van der Waals surface area (Å²) >= 11 is 6.57. The second-order valence-corrected chi connectivity index (χ2v) is 8.29. The minimum Gasteiger partial charge on any atom is -0.477 e. The second-order valence-electron chi connectivity index (χ2n) is 7.88. The second kappa shape index (κ2) is 7.82. The van der Waals surface area contributed by atoms with Gasteiger partial charge in [-0.15, -0.1) is 0 Å². The average molecular weight is 440 g/mol. The van der Waals surface area contributed by atoms with Gasteiger partial charge in [0.25, 0.3) is 0 Å². The van der Waals surface area contributed by atoms with Crippen LogP contribution in [0.2, 0.25) is 5.02 Å². The van der Waals surface area contributed by atoms with Gasteiger partial charge in [-0.1, -0.05) is 11.6 Å². The smallest absolute Gasteiger partial charge is 0.354 e. The Morgan fingerprint density at radius 3 is 2.74 bits per heavy atom. The minimum absolute atomic E-state index is 0.125. The summed E-state index contributed by atoms with van der Waals surface area (Å²) in [6.07, 6.45) is 3.04. The molecule has 3 heterocycles. The number of aromatic nitrogens is 4. The van der Waals surface area contributed by atoms with Crippen LogP contribution < -0.4 is 10.2 Å². The first-order valence-electron chi connectivity index (χ1n) is 10.2. The number of carboxylic acids is 1. The van der Waals surface area contributed by atoms with E-state index in [-0.39, 0.29) is 5.69 Å². The van der Waals surface area contributed by atoms with E-state index in [9.17, 15) is 9.90 Å². The molecule has 31 heavy (non-hydrogen) atoms. The van der Waals surface area contributed by atoms with Crippen LogP contribution in [0.4, 0.5) is 17.3 Å². The number of H-pyrrole nitrogens is 1. The number of rotatable bonds is 4. The molecule has 2 aliphatic rings. The van der Waals surface area contributed by atoms with E-state index in [1.807, 2.05) is 18.2 Å². The molecule has 0 radical (unpaired) electrons. The van der Waals surface area contributed by atoms with Gasteiger partial charge < -0.3 is 20.2 Å². The van der Waals surface area contributed by atoms with Gasteiger partial charge in [-0.2, -0.15) is 5.10 Å². The molecule has 0 atom stereocenters. The van der Waals surface area contributed by atoms with Gasteiger partial charge in [0, 0.05) is 43.6 Å². The average Bonchev–Trinajstić information content (AvgIpc) is 3.20. The fourth-order valence-corrected chi connectivity index (χ4v) is 4.41. The van der Waals surface area contributed by atoms with Crippen LogP contribution in [0.1, 0.15) is 21.6 Å². The number of aromatic carboxylic acids is 1. The van der Waals surface area contributed by atoms with Gasteiger partial charge in [0.2, 0.25) is 5.95 Å². The highest BCUT2D eigenvalue weighted by Crippen LogP contribution is 2.34. The highest BCUT2D eigenvalue weighted by molar-refractivity contribution is 6.33. The predicted octanol–water partition coefficient (Wildman–Crippen LogP) is 2.81. The van der Waals surface area contributed by atoms with Crippen molar-refractivity contribution in [3.05, 3.63) is 46.2 Å². The summed E-state index contributed by atoms with van der Waals surface area (Å²) in [5.41, 5.74) is 4.80. The number of aromatic amines is 1. The van der Waals surface area contributed by atoms with Crippen LogP contribution in [0.5, 0.6) is 0 Å². The Morgan fingerprint density at radius 1 is 1.19 bits per heavy atom. The number of carbonyl (C=O) groups is 1. The van der Waals surface area contributed by atoms with Crippen molar-refractivity contribution in [3.8, 4) is 11.4 Å². The molecule has 1 aliphatic carbocycles. The lowest BCUT2D eigenvalue weighted by molar-refractivity contribution is 0.0689. The van der Waals surface area contributed by atoms with Crippen molar-refractivity contribution in [2.45, 2.75) is 12.8 Å². The van der Waals surface area contributed by atoms with Crippen LogP contribution in [0, 0.1) is 0 Å². The number of anilines is 3. The van der Waals surface area contributed by atoms with E-state index in [4.69, 9.17) is 11.6 Å². The van der Waals surface area contributed by atoms with E-state index < -0.39 is 5.97 Å². The number of hydrogen-bond donors (Lipinski definition) is 3. The van der Waals surface area contributed by atoms with Crippen LogP contribution in [-0.2, 0) is 12.8 Å². The Balaban J connectivity index is 1.39. The lowest BCUT2D eigenvalue weighted by atomic mass is 9.93. The van der Waals surface area contributed by atoms with Crippen LogP contribution >= 0.6 is 11.6 Å². The van der Waals surface area contributed by atoms with E-state index in [0.29, 0.717) is 40.8 Å². The zero-order valence-corrected chi connectivity index (χ0v) is 17.8. The van der Waals surface area contributed by atoms with Crippen molar-refractivity contribution in [2.24, 2.45) is 0 Å². The number of nitrogens with zero attached hydrogens (tertiary/aromatic N) is 5. The maximum absolute atomic E-state index is 11.4. The first-order chi connectivity index (χ1) is 15.0. The van der Waals surface area contributed by atoms with E-state index in [1.165, 1.54) is 0 Å². The SMILES string of the molecule is CN1CCN(c2ccc(Nc3ncc4c(n3)-c3n[nH]c(C(=O)O)c3CC4)cc2Cl)CC1. The molecule has 0 saturated carbocycles. The molecule has 3 aromatic rings. The molecule has 2 aromatic heterocycles. The number of piperazine rings is 1. The topological polar surface area (TPSA) is 110 Å². The van der Waals surface area contributed by atoms with Crippen LogP contribution in [0.25, 0.3) is 11.4 Å². The normalized spacial score (nSPS) is 16.0. The Bertz CT molecular complexity index is 1150. The molecule has 3 N–H and O–H groups in total. The Morgan fingerprint density at radius 2 is 2.00 bits per heavy atom. The van der Waals surface area contributed by atoms with Gasteiger partial charge >= 0.3 is 5.97 Å². The number of likely N-dealkylation sites (N-methyl/N-ethyl adjacent to an activating group) is 1. The molecule has 0 spiro atoms. The molecule has 1 aliphatic heterocycles. The molecule has 0 unspecified atom stereocenters. The van der Waals surface area contributed by atoms with Gasteiger partial charge in [0.05, 0.1) is 16.4 Å². The summed E-state index contributed by atoms with van der Waals surface area (Å²) in [4.78, 5) is 25.0. The molecular formula is C21H22ClN7O2. The molecule has 0 amide bonds. The molecule has 1 aromatic carbocycles. The number of hydrogen-bond acceptors (Lipinski definition) is 7. The van der Waals surface area contributed by atoms with Gasteiger partial charge in [0.15, 0.2) is 0 Å². The quantitative estimate of drug-likeness (QED) is 0.569. The summed E-state index contributed by atoms with van der Waals surface area (Å²) in [6.45, 7) is 3.92. The first-order valence-corrected chi connectivity index (χ1v) is 10.5. The molecule has 10 heteroatoms. The van der Waals surface area contributed by atoms with E-state index in [0.717, 1.165) is 43.1 Å². The van der Waals surface area contributed by atoms with Crippen molar-refractivity contribution in [3.63, 3.8) is 0 Å². The van der Waals surface area contributed by atoms with Crippen molar-refractivity contribution in [1.29, 1.82) is 0 Å². The fourth-order valence-electron chi connectivity index (χ4n) is 4.11. The third-order valence-electron chi connectivity index (χ3n) is 5.86. The molecule has 5 rings (SSSR count). The molecule has 160 valence electrons. The largest absolute Gasteiger partial charge is 0.477 e. The van der Waals surface area contributed by atoms with E-state index in [2.05, 4.69) is 42.3 Å². The standard InChI is InChI=1S/C21H22ClN7O2/c1-28-6-8-29(9-7-28)16-5-3-13(10-15(16)22)24-21-23-11-12-2-4-14-18(17(12)25-21)26-27-19(14)20(30)31/h3,5,10-11H,2,4,6-9H2,1H3,(H,26,27)(H,30,31)(H,23,24,25). The number of fused-ring (bicyclic) bond motifs is 3. The van der Waals surface area contributed by atoms with Gasteiger partial charge in [-0.3, -0.25) is 5.10 Å². The summed E-state index contributed by atoms with van der Waals surface area (Å²) in [7, 11) is 2.12. The van der Waals surface area contributed by atoms with Crippen molar-refractivity contribution in [1.82, 2.24) is 25.1 Å². The number of halogens is 1. The van der Waals surface area contributed by atoms with Crippen molar-refractivity contribution >= 4 is 34.9 Å². The summed E-state index contributed by atoms with van der Waals surface area (Å²) in [5, 5.41) is 20.0. The summed E-state index contributed by atoms with van der Waals surface area (Å²) < 4.78 is 0. The van der Waals surface area contributed by atoms with E-state index >= 15 is 0 Å². The van der Waals surface area contributed by atoms with Gasteiger partial charge in [-0.25, -0.2) is 14.8 Å². The summed E-state index contributed by atoms with van der Waals surface area (Å²) in [5.74, 6) is -0.602. The van der Waals surface area contributed by atoms with Crippen molar-refractivity contribution < 1.29 is 9.90 Å². The number of nitrogens with one attached hydrogen (secondary N) is 2. The highest BCUT2D eigenvalue weighted by atomic mass is 35.5. The minimum atomic E-state index is -1.01. The van der Waals surface area contributed by atoms with Gasteiger partial charge in [-0.05, 0) is 43.7 Å². The Hall–Kier alpha value is -3.17. The lowest BCUT2D eigenvalue weighted by Crippen LogP contribution is -2.44. The number of benzene rings is 1. The Labute approximate surface area is 184 Å². The van der Waals surface area contributed by atoms with Crippen LogP contribution in [0.3, 0.4) is 0 Å². The van der Waals surface area contributed by atoms with Gasteiger partial charge in [0.1, 0.15) is 11.4 Å². The first kappa shape index (κ1) is 19.8. The number of aryl methyl sites for hydroxylation is 1. The number of carboxylic acid groups (broad SMARTS) is 1. The maximum Gasteiger partial charge on any atom is 0.354 e. The Kier molecular flexibility index (Phi) is 4.99. The van der Waals surface area contributed by atoms with Crippen molar-refractivity contribution in [2.75, 3.05) is 43.4 Å². The van der Waals surface area contributed by atoms with Crippen LogP contribution in [0.15, 0.2) is 24.4 Å². The zero-order chi connectivity index (χ0) is 21.5. The third-order valence-corrected chi connectivity index (χ3v) is 6.16. The maximum atomic E-state index is 11.4. The third kappa shape index (κ3) is 3.70. The molecular weight excluding hydrogens is 418 g/mol. The molecule has 9 nitrogen and oxygen atoms in total. The predicted molar refractivity (Wildman–Crippen MR) is 118 cm³/mol. The molecule has 1 fully saturated rings. The zero-order valence-electron chi connectivity index (χ0n) is 17.0.